The van der Waals surface area contributed by atoms with Gasteiger partial charge in [0, 0.05) is 36.8 Å². The molecular weight excluding hydrogens is 555 g/mol. The van der Waals surface area contributed by atoms with Gasteiger partial charge in [0.1, 0.15) is 17.0 Å². The van der Waals surface area contributed by atoms with Gasteiger partial charge in [0.15, 0.2) is 0 Å². The second-order valence-corrected chi connectivity index (χ2v) is 10.1. The molecule has 0 fully saturated rings. The van der Waals surface area contributed by atoms with Gasteiger partial charge in [0.05, 0.1) is 11.1 Å². The number of nitrogens with zero attached hydrogens (tertiary/aromatic N) is 3. The van der Waals surface area contributed by atoms with Crippen LogP contribution in [-0.2, 0) is 25.4 Å². The van der Waals surface area contributed by atoms with Crippen molar-refractivity contribution >= 4 is 16.8 Å². The lowest BCUT2D eigenvalue weighted by atomic mass is 9.95. The van der Waals surface area contributed by atoms with Crippen molar-refractivity contribution in [2.24, 2.45) is 5.92 Å². The summed E-state index contributed by atoms with van der Waals surface area (Å²) in [4.78, 5) is 33.1. The van der Waals surface area contributed by atoms with Crippen molar-refractivity contribution in [1.82, 2.24) is 14.5 Å². The van der Waals surface area contributed by atoms with Crippen molar-refractivity contribution in [3.63, 3.8) is 0 Å². The van der Waals surface area contributed by atoms with E-state index in [-0.39, 0.29) is 47.4 Å². The molecule has 0 N–H and O–H groups in total. The molecule has 41 heavy (non-hydrogen) atoms. The average Bonchev–Trinajstić information content (AvgIpc) is 2.90. The Kier molecular flexibility index (Phi) is 7.12. The number of fused-ring (bicyclic) bond motifs is 2. The summed E-state index contributed by atoms with van der Waals surface area (Å²) in [5, 5.41) is 0.302. The fraction of sp³-hybridized carbons (Fsp3) is 0.276. The average molecular weight is 578 g/mol. The number of hydrogen-bond acceptors (Lipinski definition) is 3. The monoisotopic (exact) mass is 577 g/mol. The Bertz CT molecular complexity index is 1660. The van der Waals surface area contributed by atoms with Gasteiger partial charge in [-0.3, -0.25) is 14.6 Å². The minimum absolute atomic E-state index is 0.0125. The molecule has 1 amide bonds. The van der Waals surface area contributed by atoms with Crippen LogP contribution >= 0.6 is 0 Å². The Balaban J connectivity index is 1.72. The van der Waals surface area contributed by atoms with Crippen LogP contribution in [0.5, 0.6) is 0 Å². The van der Waals surface area contributed by atoms with Crippen LogP contribution in [0.25, 0.3) is 22.0 Å². The minimum atomic E-state index is -5.05. The number of pyridine rings is 2. The molecule has 0 unspecified atom stereocenters. The predicted molar refractivity (Wildman–Crippen MR) is 136 cm³/mol. The molecule has 1 aliphatic rings. The van der Waals surface area contributed by atoms with Gasteiger partial charge in [0.25, 0.3) is 11.5 Å². The summed E-state index contributed by atoms with van der Waals surface area (Å²) >= 11 is 0. The fourth-order valence-electron chi connectivity index (χ4n) is 5.13. The smallest absolute Gasteiger partial charge is 0.333 e. The van der Waals surface area contributed by atoms with Gasteiger partial charge in [0.2, 0.25) is 0 Å². The maximum Gasteiger partial charge on any atom is 0.416 e. The van der Waals surface area contributed by atoms with Crippen molar-refractivity contribution in [2.45, 2.75) is 38.8 Å². The summed E-state index contributed by atoms with van der Waals surface area (Å²) in [7, 11) is 0. The molecule has 0 saturated heterocycles. The zero-order valence-corrected chi connectivity index (χ0v) is 21.5. The van der Waals surface area contributed by atoms with Gasteiger partial charge in [-0.2, -0.15) is 26.3 Å². The highest BCUT2D eigenvalue weighted by Crippen LogP contribution is 2.37. The van der Waals surface area contributed by atoms with E-state index in [4.69, 9.17) is 0 Å². The number of hydrogen-bond donors (Lipinski definition) is 0. The lowest BCUT2D eigenvalue weighted by molar-refractivity contribution is -0.143. The first-order valence-corrected chi connectivity index (χ1v) is 12.6. The Morgan fingerprint density at radius 3 is 2.17 bits per heavy atom. The SMILES string of the molecule is C[C@@H]1CCn2c(c(-c3ccc(F)cc3)c3cccnc3c2=O)C(=O)N(Cc2cc(C(F)(F)F)cc(C(F)(F)F)c2)C1. The molecule has 4 aromatic rings. The first-order valence-electron chi connectivity index (χ1n) is 12.6. The number of carbonyl (C=O) groups excluding carboxylic acids is 1. The van der Waals surface area contributed by atoms with Crippen LogP contribution in [0.1, 0.15) is 40.5 Å². The molecule has 0 saturated carbocycles. The third kappa shape index (κ3) is 5.55. The summed E-state index contributed by atoms with van der Waals surface area (Å²) < 4.78 is 96.1. The number of halogens is 7. The third-order valence-electron chi connectivity index (χ3n) is 7.05. The van der Waals surface area contributed by atoms with Crippen LogP contribution in [0.4, 0.5) is 30.7 Å². The number of aromatic nitrogens is 2. The molecular formula is C29H22F7N3O2. The summed E-state index contributed by atoms with van der Waals surface area (Å²) in [5.74, 6) is -1.55. The van der Waals surface area contributed by atoms with Gasteiger partial charge in [-0.25, -0.2) is 4.39 Å². The first kappa shape index (κ1) is 28.3. The van der Waals surface area contributed by atoms with Crippen LogP contribution in [0.15, 0.2) is 65.6 Å². The predicted octanol–water partition coefficient (Wildman–Crippen LogP) is 6.92. The van der Waals surface area contributed by atoms with Gasteiger partial charge in [-0.05, 0) is 59.9 Å². The standard InChI is InChI=1S/C29H22F7N3O2/c1-16-8-10-39-25(23(18-4-6-21(30)7-5-18)22-3-2-9-37-24(22)26(39)40)27(41)38(14-16)15-17-11-19(28(31,32)33)13-20(12-17)29(34,35)36/h2-7,9,11-13,16H,8,10,14-15H2,1H3/t16-/m1/s1. The second kappa shape index (κ2) is 10.3. The molecule has 5 rings (SSSR count). The number of rotatable bonds is 3. The van der Waals surface area contributed by atoms with Crippen molar-refractivity contribution in [3.05, 3.63) is 99.3 Å². The lowest BCUT2D eigenvalue weighted by Gasteiger charge is -2.32. The van der Waals surface area contributed by atoms with Crippen LogP contribution in [-0.4, -0.2) is 26.9 Å². The van der Waals surface area contributed by atoms with Crippen molar-refractivity contribution in [3.8, 4) is 11.1 Å². The molecule has 2 aromatic carbocycles. The van der Waals surface area contributed by atoms with Crippen LogP contribution in [0.3, 0.4) is 0 Å². The number of carbonyl (C=O) groups is 1. The lowest BCUT2D eigenvalue weighted by Crippen LogP contribution is -2.41. The topological polar surface area (TPSA) is 55.2 Å². The van der Waals surface area contributed by atoms with E-state index in [1.165, 1.54) is 35.0 Å². The van der Waals surface area contributed by atoms with Gasteiger partial charge >= 0.3 is 12.4 Å². The molecule has 0 bridgehead atoms. The minimum Gasteiger partial charge on any atom is -0.333 e. The van der Waals surface area contributed by atoms with Crippen LogP contribution in [0.2, 0.25) is 0 Å². The van der Waals surface area contributed by atoms with Crippen LogP contribution < -0.4 is 5.56 Å². The maximum absolute atomic E-state index is 14.2. The summed E-state index contributed by atoms with van der Waals surface area (Å²) in [6.07, 6.45) is -8.30. The van der Waals surface area contributed by atoms with Crippen molar-refractivity contribution < 1.29 is 35.5 Å². The Morgan fingerprint density at radius 2 is 1.56 bits per heavy atom. The largest absolute Gasteiger partial charge is 0.416 e. The molecule has 5 nitrogen and oxygen atoms in total. The Morgan fingerprint density at radius 1 is 0.927 bits per heavy atom. The highest BCUT2D eigenvalue weighted by Gasteiger charge is 2.38. The third-order valence-corrected chi connectivity index (χ3v) is 7.05. The van der Waals surface area contributed by atoms with E-state index in [1.807, 2.05) is 0 Å². The normalized spacial score (nSPS) is 16.4. The van der Waals surface area contributed by atoms with Crippen molar-refractivity contribution in [2.75, 3.05) is 6.54 Å². The molecule has 0 aliphatic carbocycles. The zero-order valence-electron chi connectivity index (χ0n) is 21.5. The van der Waals surface area contributed by atoms with Gasteiger partial charge in [-0.15, -0.1) is 0 Å². The molecule has 214 valence electrons. The summed E-state index contributed by atoms with van der Waals surface area (Å²) in [6.45, 7) is 1.33. The number of amides is 1. The molecule has 0 spiro atoms. The van der Waals surface area contributed by atoms with Crippen molar-refractivity contribution in [1.29, 1.82) is 0 Å². The molecule has 1 aliphatic heterocycles. The Labute approximate surface area is 228 Å². The quantitative estimate of drug-likeness (QED) is 0.249. The van der Waals surface area contributed by atoms with E-state index in [2.05, 4.69) is 4.98 Å². The molecule has 1 atom stereocenters. The van der Waals surface area contributed by atoms with E-state index in [9.17, 15) is 40.3 Å². The number of benzene rings is 2. The zero-order chi connectivity index (χ0) is 29.7. The van der Waals surface area contributed by atoms with E-state index in [0.29, 0.717) is 29.5 Å². The molecule has 2 aromatic heterocycles. The van der Waals surface area contributed by atoms with E-state index >= 15 is 0 Å². The fourth-order valence-corrected chi connectivity index (χ4v) is 5.13. The van der Waals surface area contributed by atoms with E-state index in [1.54, 1.807) is 19.1 Å². The highest BCUT2D eigenvalue weighted by molar-refractivity contribution is 6.07. The Hall–Kier alpha value is -4.22. The number of alkyl halides is 6. The van der Waals surface area contributed by atoms with Gasteiger partial charge in [-0.1, -0.05) is 25.1 Å². The summed E-state index contributed by atoms with van der Waals surface area (Å²) in [5.41, 5.74) is -3.31. The van der Waals surface area contributed by atoms with Crippen LogP contribution in [0, 0.1) is 11.7 Å². The molecule has 0 radical (unpaired) electrons. The maximum atomic E-state index is 14.2. The molecule has 12 heteroatoms. The first-order chi connectivity index (χ1) is 19.2. The van der Waals surface area contributed by atoms with E-state index < -0.39 is 47.3 Å². The molecule has 3 heterocycles. The highest BCUT2D eigenvalue weighted by atomic mass is 19.4. The van der Waals surface area contributed by atoms with E-state index in [0.717, 1.165) is 4.90 Å². The second-order valence-electron chi connectivity index (χ2n) is 10.1. The van der Waals surface area contributed by atoms with Gasteiger partial charge < -0.3 is 9.47 Å². The summed E-state index contributed by atoms with van der Waals surface area (Å²) in [6, 6.07) is 9.53.